The van der Waals surface area contributed by atoms with Gasteiger partial charge in [-0.05, 0) is 36.3 Å². The molecule has 0 saturated carbocycles. The molecule has 0 heterocycles. The van der Waals surface area contributed by atoms with Gasteiger partial charge in [0.15, 0.2) is 5.75 Å². The summed E-state index contributed by atoms with van der Waals surface area (Å²) in [6.07, 6.45) is -4.34. The average molecular weight is 247 g/mol. The standard InChI is InChI=1S/C11H12F3NO2/c1-3-16-8(2)15-17-10-6-4-9(5-7-10)11(12,13)14/h4-7H,3H2,1-2H3/b15-8-. The van der Waals surface area contributed by atoms with Gasteiger partial charge in [0.05, 0.1) is 12.2 Å². The van der Waals surface area contributed by atoms with Gasteiger partial charge in [0.2, 0.25) is 5.90 Å². The molecular formula is C11H12F3NO2. The molecule has 0 radical (unpaired) electrons. The Morgan fingerprint density at radius 3 is 2.29 bits per heavy atom. The van der Waals surface area contributed by atoms with E-state index in [0.717, 1.165) is 12.1 Å². The first-order valence-corrected chi connectivity index (χ1v) is 4.95. The molecule has 0 aromatic heterocycles. The summed E-state index contributed by atoms with van der Waals surface area (Å²) >= 11 is 0. The molecule has 0 N–H and O–H groups in total. The molecule has 1 aromatic carbocycles. The highest BCUT2D eigenvalue weighted by Crippen LogP contribution is 2.30. The van der Waals surface area contributed by atoms with Crippen molar-refractivity contribution >= 4 is 5.90 Å². The van der Waals surface area contributed by atoms with Gasteiger partial charge >= 0.3 is 6.18 Å². The Balaban J connectivity index is 2.66. The van der Waals surface area contributed by atoms with Gasteiger partial charge in [0, 0.05) is 6.92 Å². The van der Waals surface area contributed by atoms with Crippen LogP contribution in [0.5, 0.6) is 5.75 Å². The molecule has 0 aliphatic heterocycles. The molecule has 6 heteroatoms. The fraction of sp³-hybridized carbons (Fsp3) is 0.364. The highest BCUT2D eigenvalue weighted by molar-refractivity contribution is 5.72. The lowest BCUT2D eigenvalue weighted by molar-refractivity contribution is -0.137. The summed E-state index contributed by atoms with van der Waals surface area (Å²) in [5.41, 5.74) is -0.727. The molecular weight excluding hydrogens is 235 g/mol. The van der Waals surface area contributed by atoms with E-state index in [1.807, 2.05) is 0 Å². The molecule has 0 aliphatic rings. The lowest BCUT2D eigenvalue weighted by Gasteiger charge is -2.06. The van der Waals surface area contributed by atoms with Gasteiger partial charge in [0.1, 0.15) is 0 Å². The van der Waals surface area contributed by atoms with E-state index in [2.05, 4.69) is 5.16 Å². The number of oxime groups is 1. The molecule has 94 valence electrons. The number of hydrogen-bond donors (Lipinski definition) is 0. The van der Waals surface area contributed by atoms with Crippen LogP contribution in [0.15, 0.2) is 29.4 Å². The molecule has 0 fully saturated rings. The van der Waals surface area contributed by atoms with E-state index < -0.39 is 11.7 Å². The fourth-order valence-corrected chi connectivity index (χ4v) is 1.06. The summed E-state index contributed by atoms with van der Waals surface area (Å²) in [4.78, 5) is 4.88. The van der Waals surface area contributed by atoms with Gasteiger partial charge < -0.3 is 9.57 Å². The predicted octanol–water partition coefficient (Wildman–Crippen LogP) is 3.45. The van der Waals surface area contributed by atoms with Gasteiger partial charge in [-0.15, -0.1) is 0 Å². The summed E-state index contributed by atoms with van der Waals surface area (Å²) in [7, 11) is 0. The predicted molar refractivity (Wildman–Crippen MR) is 56.8 cm³/mol. The summed E-state index contributed by atoms with van der Waals surface area (Å²) in [5.74, 6) is 0.532. The van der Waals surface area contributed by atoms with Crippen LogP contribution in [0.1, 0.15) is 19.4 Å². The van der Waals surface area contributed by atoms with Crippen LogP contribution in [0.25, 0.3) is 0 Å². The highest BCUT2D eigenvalue weighted by Gasteiger charge is 2.30. The van der Waals surface area contributed by atoms with E-state index in [9.17, 15) is 13.2 Å². The normalized spacial score (nSPS) is 12.4. The maximum Gasteiger partial charge on any atom is 0.416 e. The van der Waals surface area contributed by atoms with Crippen LogP contribution < -0.4 is 4.84 Å². The first-order valence-electron chi connectivity index (χ1n) is 4.95. The van der Waals surface area contributed by atoms with Crippen molar-refractivity contribution in [3.63, 3.8) is 0 Å². The molecule has 0 atom stereocenters. The van der Waals surface area contributed by atoms with E-state index >= 15 is 0 Å². The average Bonchev–Trinajstić information content (AvgIpc) is 2.26. The van der Waals surface area contributed by atoms with Gasteiger partial charge in [-0.3, -0.25) is 0 Å². The molecule has 0 unspecified atom stereocenters. The molecule has 0 saturated heterocycles. The van der Waals surface area contributed by atoms with E-state index in [-0.39, 0.29) is 5.75 Å². The number of rotatable bonds is 3. The Kier molecular flexibility index (Phi) is 4.37. The van der Waals surface area contributed by atoms with Crippen LogP contribution in [0, 0.1) is 0 Å². The van der Waals surface area contributed by atoms with Crippen LogP contribution in [-0.4, -0.2) is 12.5 Å². The van der Waals surface area contributed by atoms with E-state index in [4.69, 9.17) is 9.57 Å². The lowest BCUT2D eigenvalue weighted by Crippen LogP contribution is -2.04. The molecule has 1 aromatic rings. The zero-order chi connectivity index (χ0) is 12.9. The molecule has 3 nitrogen and oxygen atoms in total. The first-order chi connectivity index (χ1) is 7.93. The SMILES string of the molecule is CCO/C(C)=N\Oc1ccc(C(F)(F)F)cc1. The van der Waals surface area contributed by atoms with Crippen molar-refractivity contribution in [2.24, 2.45) is 5.16 Å². The van der Waals surface area contributed by atoms with Crippen LogP contribution in [-0.2, 0) is 10.9 Å². The quantitative estimate of drug-likeness (QED) is 0.465. The second-order valence-corrected chi connectivity index (χ2v) is 3.16. The van der Waals surface area contributed by atoms with Gasteiger partial charge in [-0.25, -0.2) is 0 Å². The monoisotopic (exact) mass is 247 g/mol. The number of ether oxygens (including phenoxy) is 1. The molecule has 0 aliphatic carbocycles. The largest absolute Gasteiger partial charge is 0.479 e. The Bertz CT molecular complexity index is 385. The van der Waals surface area contributed by atoms with E-state index in [1.165, 1.54) is 12.1 Å². The van der Waals surface area contributed by atoms with Crippen molar-refractivity contribution in [2.75, 3.05) is 6.61 Å². The number of hydrogen-bond acceptors (Lipinski definition) is 3. The summed E-state index contributed by atoms with van der Waals surface area (Å²) in [5, 5.41) is 3.59. The number of halogens is 3. The maximum absolute atomic E-state index is 12.2. The summed E-state index contributed by atoms with van der Waals surface area (Å²) in [6, 6.07) is 4.26. The van der Waals surface area contributed by atoms with Crippen molar-refractivity contribution in [2.45, 2.75) is 20.0 Å². The number of alkyl halides is 3. The third-order valence-electron chi connectivity index (χ3n) is 1.81. The molecule has 0 bridgehead atoms. The van der Waals surface area contributed by atoms with Gasteiger partial charge in [-0.2, -0.15) is 13.2 Å². The molecule has 0 spiro atoms. The van der Waals surface area contributed by atoms with Crippen LogP contribution >= 0.6 is 0 Å². The maximum atomic E-state index is 12.2. The number of benzene rings is 1. The van der Waals surface area contributed by atoms with Crippen LogP contribution in [0.4, 0.5) is 13.2 Å². The van der Waals surface area contributed by atoms with Crippen molar-refractivity contribution in [3.8, 4) is 5.75 Å². The second-order valence-electron chi connectivity index (χ2n) is 3.16. The van der Waals surface area contributed by atoms with E-state index in [0.29, 0.717) is 12.5 Å². The Labute approximate surface area is 96.8 Å². The smallest absolute Gasteiger partial charge is 0.416 e. The van der Waals surface area contributed by atoms with Gasteiger partial charge in [0.25, 0.3) is 0 Å². The number of nitrogens with zero attached hydrogens (tertiary/aromatic N) is 1. The minimum absolute atomic E-state index is 0.219. The Hall–Kier alpha value is -1.72. The molecule has 0 amide bonds. The van der Waals surface area contributed by atoms with Crippen LogP contribution in [0.2, 0.25) is 0 Å². The molecule has 1 rings (SSSR count). The van der Waals surface area contributed by atoms with Crippen molar-refractivity contribution in [1.29, 1.82) is 0 Å². The highest BCUT2D eigenvalue weighted by atomic mass is 19.4. The Morgan fingerprint density at radius 1 is 1.24 bits per heavy atom. The summed E-state index contributed by atoms with van der Waals surface area (Å²) in [6.45, 7) is 3.83. The van der Waals surface area contributed by atoms with Crippen molar-refractivity contribution in [3.05, 3.63) is 29.8 Å². The minimum Gasteiger partial charge on any atom is -0.479 e. The van der Waals surface area contributed by atoms with Crippen LogP contribution in [0.3, 0.4) is 0 Å². The van der Waals surface area contributed by atoms with Crippen molar-refractivity contribution in [1.82, 2.24) is 0 Å². The lowest BCUT2D eigenvalue weighted by atomic mass is 10.2. The zero-order valence-corrected chi connectivity index (χ0v) is 9.41. The van der Waals surface area contributed by atoms with Crippen molar-refractivity contribution < 1.29 is 22.7 Å². The second kappa shape index (κ2) is 5.56. The summed E-state index contributed by atoms with van der Waals surface area (Å²) < 4.78 is 41.7. The molecule has 17 heavy (non-hydrogen) atoms. The third kappa shape index (κ3) is 4.34. The zero-order valence-electron chi connectivity index (χ0n) is 9.41. The topological polar surface area (TPSA) is 30.8 Å². The fourth-order valence-electron chi connectivity index (χ4n) is 1.06. The van der Waals surface area contributed by atoms with E-state index in [1.54, 1.807) is 13.8 Å². The Morgan fingerprint density at radius 2 is 1.82 bits per heavy atom. The first kappa shape index (κ1) is 13.3. The minimum atomic E-state index is -4.34. The third-order valence-corrected chi connectivity index (χ3v) is 1.81. The van der Waals surface area contributed by atoms with Gasteiger partial charge in [-0.1, -0.05) is 0 Å².